The number of aromatic nitrogens is 1. The Balaban J connectivity index is 2.75. The number of aromatic carboxylic acids is 1. The Morgan fingerprint density at radius 2 is 2.12 bits per heavy atom. The maximum Gasteiger partial charge on any atom is 0.337 e. The van der Waals surface area contributed by atoms with Crippen molar-refractivity contribution in [3.63, 3.8) is 0 Å². The smallest absolute Gasteiger partial charge is 0.337 e. The minimum atomic E-state index is -1.09. The lowest BCUT2D eigenvalue weighted by Crippen LogP contribution is -2.16. The van der Waals surface area contributed by atoms with Gasteiger partial charge in [0.1, 0.15) is 17.5 Å². The molecule has 2 rings (SSSR count). The van der Waals surface area contributed by atoms with E-state index >= 15 is 0 Å². The number of nitrogen functional groups attached to an aromatic ring is 1. The van der Waals surface area contributed by atoms with E-state index in [1.54, 1.807) is 0 Å². The molecule has 5 heteroatoms. The van der Waals surface area contributed by atoms with Crippen LogP contribution in [0, 0.1) is 11.3 Å². The van der Waals surface area contributed by atoms with Crippen molar-refractivity contribution in [2.24, 2.45) is 0 Å². The van der Waals surface area contributed by atoms with Gasteiger partial charge in [0, 0.05) is 5.69 Å². The van der Waals surface area contributed by atoms with Crippen LogP contribution in [0.2, 0.25) is 0 Å². The van der Waals surface area contributed by atoms with E-state index in [-0.39, 0.29) is 16.9 Å². The summed E-state index contributed by atoms with van der Waals surface area (Å²) < 4.78 is 0. The molecule has 0 atom stereocenters. The van der Waals surface area contributed by atoms with Crippen LogP contribution in [0.15, 0.2) is 0 Å². The van der Waals surface area contributed by atoms with Gasteiger partial charge in [0.15, 0.2) is 0 Å². The highest BCUT2D eigenvalue weighted by molar-refractivity contribution is 5.94. The minimum Gasteiger partial charge on any atom is -0.478 e. The minimum absolute atomic E-state index is 0.00634. The highest BCUT2D eigenvalue weighted by Crippen LogP contribution is 2.28. The molecule has 1 aromatic rings. The summed E-state index contributed by atoms with van der Waals surface area (Å²) in [5.74, 6) is -1.07. The summed E-state index contributed by atoms with van der Waals surface area (Å²) in [7, 11) is 0. The Labute approximate surface area is 92.5 Å². The monoisotopic (exact) mass is 217 g/mol. The van der Waals surface area contributed by atoms with Crippen molar-refractivity contribution >= 4 is 11.8 Å². The molecule has 0 unspecified atom stereocenters. The van der Waals surface area contributed by atoms with Gasteiger partial charge in [-0.05, 0) is 31.2 Å². The van der Waals surface area contributed by atoms with Gasteiger partial charge >= 0.3 is 5.97 Å². The lowest BCUT2D eigenvalue weighted by Gasteiger charge is -2.18. The molecule has 0 saturated heterocycles. The van der Waals surface area contributed by atoms with Crippen LogP contribution >= 0.6 is 0 Å². The van der Waals surface area contributed by atoms with E-state index in [2.05, 4.69) is 4.98 Å². The van der Waals surface area contributed by atoms with Crippen LogP contribution in [-0.4, -0.2) is 16.1 Å². The van der Waals surface area contributed by atoms with Gasteiger partial charge in [0.05, 0.1) is 5.56 Å². The van der Waals surface area contributed by atoms with Crippen LogP contribution in [0.5, 0.6) is 0 Å². The number of fused-ring (bicyclic) bond motifs is 1. The Bertz CT molecular complexity index is 503. The predicted molar refractivity (Wildman–Crippen MR) is 57.0 cm³/mol. The second kappa shape index (κ2) is 3.81. The SMILES string of the molecule is N#Cc1c(N)nc2c(c1C(=O)O)CCCC2. The molecule has 0 aromatic carbocycles. The van der Waals surface area contributed by atoms with Crippen molar-refractivity contribution in [2.45, 2.75) is 25.7 Å². The van der Waals surface area contributed by atoms with Gasteiger partial charge in [-0.25, -0.2) is 9.78 Å². The van der Waals surface area contributed by atoms with Gasteiger partial charge in [-0.2, -0.15) is 5.26 Å². The number of nitrogens with two attached hydrogens (primary N) is 1. The topological polar surface area (TPSA) is 100 Å². The molecule has 0 bridgehead atoms. The van der Waals surface area contributed by atoms with Crippen molar-refractivity contribution < 1.29 is 9.90 Å². The highest BCUT2D eigenvalue weighted by Gasteiger charge is 2.24. The number of nitrogens with zero attached hydrogens (tertiary/aromatic N) is 2. The van der Waals surface area contributed by atoms with Crippen LogP contribution in [-0.2, 0) is 12.8 Å². The number of nitriles is 1. The standard InChI is InChI=1S/C11H11N3O2/c12-5-7-9(11(15)16)6-3-1-2-4-8(6)14-10(7)13/h1-4H2,(H2,13,14)(H,15,16). The molecule has 1 aromatic heterocycles. The normalized spacial score (nSPS) is 13.9. The third kappa shape index (κ3) is 1.48. The first-order valence-electron chi connectivity index (χ1n) is 5.09. The average molecular weight is 217 g/mol. The van der Waals surface area contributed by atoms with Crippen molar-refractivity contribution in [2.75, 3.05) is 5.73 Å². The Morgan fingerprint density at radius 3 is 2.75 bits per heavy atom. The number of carboxylic acids is 1. The fourth-order valence-electron chi connectivity index (χ4n) is 2.11. The molecule has 0 spiro atoms. The van der Waals surface area contributed by atoms with Gasteiger partial charge in [0.25, 0.3) is 0 Å². The van der Waals surface area contributed by atoms with E-state index in [1.807, 2.05) is 6.07 Å². The molecule has 1 heterocycles. The van der Waals surface area contributed by atoms with Gasteiger partial charge in [0.2, 0.25) is 0 Å². The molecule has 0 fully saturated rings. The lowest BCUT2D eigenvalue weighted by molar-refractivity contribution is 0.0695. The van der Waals surface area contributed by atoms with Crippen molar-refractivity contribution in [3.8, 4) is 6.07 Å². The van der Waals surface area contributed by atoms with E-state index in [0.29, 0.717) is 12.0 Å². The van der Waals surface area contributed by atoms with Crippen molar-refractivity contribution in [1.82, 2.24) is 4.98 Å². The molecule has 1 aliphatic carbocycles. The zero-order chi connectivity index (χ0) is 11.7. The quantitative estimate of drug-likeness (QED) is 0.733. The number of aryl methyl sites for hydroxylation is 1. The number of anilines is 1. The average Bonchev–Trinajstić information content (AvgIpc) is 2.26. The van der Waals surface area contributed by atoms with Crippen LogP contribution < -0.4 is 5.73 Å². The Kier molecular flexibility index (Phi) is 2.49. The first-order valence-corrected chi connectivity index (χ1v) is 5.09. The second-order valence-electron chi connectivity index (χ2n) is 3.80. The first kappa shape index (κ1) is 10.4. The highest BCUT2D eigenvalue weighted by atomic mass is 16.4. The number of hydrogen-bond acceptors (Lipinski definition) is 4. The molecule has 0 saturated carbocycles. The fraction of sp³-hybridized carbons (Fsp3) is 0.364. The van der Waals surface area contributed by atoms with E-state index in [0.717, 1.165) is 25.0 Å². The summed E-state index contributed by atoms with van der Waals surface area (Å²) in [6, 6.07) is 1.83. The van der Waals surface area contributed by atoms with E-state index in [1.165, 1.54) is 0 Å². The predicted octanol–water partition coefficient (Wildman–Crippen LogP) is 1.11. The number of hydrogen-bond donors (Lipinski definition) is 2. The number of carbonyl (C=O) groups is 1. The van der Waals surface area contributed by atoms with E-state index in [4.69, 9.17) is 16.1 Å². The molecule has 16 heavy (non-hydrogen) atoms. The first-order chi connectivity index (χ1) is 7.65. The Morgan fingerprint density at radius 1 is 1.44 bits per heavy atom. The molecule has 0 radical (unpaired) electrons. The maximum atomic E-state index is 11.2. The van der Waals surface area contributed by atoms with E-state index < -0.39 is 5.97 Å². The molecule has 0 aliphatic heterocycles. The third-order valence-electron chi connectivity index (χ3n) is 2.83. The zero-order valence-corrected chi connectivity index (χ0v) is 8.66. The number of carboxylic acid groups (broad SMARTS) is 1. The summed E-state index contributed by atoms with van der Waals surface area (Å²) in [5, 5.41) is 18.1. The molecule has 0 amide bonds. The molecule has 5 nitrogen and oxygen atoms in total. The number of pyridine rings is 1. The summed E-state index contributed by atoms with van der Waals surface area (Å²) in [4.78, 5) is 15.3. The largest absolute Gasteiger partial charge is 0.478 e. The summed E-state index contributed by atoms with van der Waals surface area (Å²) in [5.41, 5.74) is 7.06. The fourth-order valence-corrected chi connectivity index (χ4v) is 2.11. The summed E-state index contributed by atoms with van der Waals surface area (Å²) in [6.45, 7) is 0. The van der Waals surface area contributed by atoms with Gasteiger partial charge in [-0.1, -0.05) is 0 Å². The van der Waals surface area contributed by atoms with E-state index in [9.17, 15) is 4.79 Å². The molecular weight excluding hydrogens is 206 g/mol. The molecule has 82 valence electrons. The zero-order valence-electron chi connectivity index (χ0n) is 8.66. The molecular formula is C11H11N3O2. The molecule has 1 aliphatic rings. The third-order valence-corrected chi connectivity index (χ3v) is 2.83. The Hall–Kier alpha value is -2.09. The van der Waals surface area contributed by atoms with Crippen LogP contribution in [0.4, 0.5) is 5.82 Å². The van der Waals surface area contributed by atoms with Crippen LogP contribution in [0.1, 0.15) is 40.0 Å². The van der Waals surface area contributed by atoms with Gasteiger partial charge < -0.3 is 10.8 Å². The summed E-state index contributed by atoms with van der Waals surface area (Å²) in [6.07, 6.45) is 3.33. The van der Waals surface area contributed by atoms with Crippen molar-refractivity contribution in [3.05, 3.63) is 22.4 Å². The van der Waals surface area contributed by atoms with Crippen LogP contribution in [0.25, 0.3) is 0 Å². The molecule has 3 N–H and O–H groups in total. The lowest BCUT2D eigenvalue weighted by atomic mass is 9.90. The van der Waals surface area contributed by atoms with Gasteiger partial charge in [-0.15, -0.1) is 0 Å². The van der Waals surface area contributed by atoms with Gasteiger partial charge in [-0.3, -0.25) is 0 Å². The summed E-state index contributed by atoms with van der Waals surface area (Å²) >= 11 is 0. The number of rotatable bonds is 1. The maximum absolute atomic E-state index is 11.2. The van der Waals surface area contributed by atoms with Crippen molar-refractivity contribution in [1.29, 1.82) is 5.26 Å². The second-order valence-corrected chi connectivity index (χ2v) is 3.80. The van der Waals surface area contributed by atoms with Crippen LogP contribution in [0.3, 0.4) is 0 Å².